The van der Waals surface area contributed by atoms with Gasteiger partial charge < -0.3 is 80.8 Å². The van der Waals surface area contributed by atoms with Crippen molar-refractivity contribution in [2.45, 2.75) is 238 Å². The molecule has 0 saturated carbocycles. The van der Waals surface area contributed by atoms with Crippen molar-refractivity contribution >= 4 is 5.91 Å². The predicted octanol–water partition coefficient (Wildman–Crippen LogP) is 1.66. The maximum atomic E-state index is 12.2. The number of amides is 1. The third-order valence-corrected chi connectivity index (χ3v) is 9.23. The van der Waals surface area contributed by atoms with E-state index in [9.17, 15) is 38.4 Å². The SMILES string of the molecule is CC(C)OC1CC(N)C(O)C(C)O1.CC(C)OC1CC(N)C(O)C(C)O1.CC(C)O[C@H]1C[C@H](N)[C@H](O)[C@H](C)O1.CC(C)O[C@H]1C[C@H](NC(=O)C(F)(F)F)[C@H](O)[C@H](C)O1. The monoisotopic (exact) mass is 853 g/mol. The molecule has 17 nitrogen and oxygen atoms in total. The highest BCUT2D eigenvalue weighted by molar-refractivity contribution is 5.82. The van der Waals surface area contributed by atoms with Gasteiger partial charge in [-0.25, -0.2) is 0 Å². The second-order valence-electron chi connectivity index (χ2n) is 16.3. The number of nitrogens with two attached hydrogens (primary N) is 3. The summed E-state index contributed by atoms with van der Waals surface area (Å²) in [5.74, 6) is -2.08. The van der Waals surface area contributed by atoms with Crippen molar-refractivity contribution in [1.29, 1.82) is 0 Å². The Morgan fingerprint density at radius 3 is 1.00 bits per heavy atom. The highest BCUT2D eigenvalue weighted by Gasteiger charge is 2.44. The molecule has 346 valence electrons. The first-order valence-electron chi connectivity index (χ1n) is 20.2. The van der Waals surface area contributed by atoms with Crippen molar-refractivity contribution in [3.63, 3.8) is 0 Å². The topological polar surface area (TPSA) is 262 Å². The Hall–Kier alpha value is -1.34. The fourth-order valence-electron chi connectivity index (χ4n) is 6.26. The maximum Gasteiger partial charge on any atom is 0.471 e. The molecule has 0 aromatic rings. The molecular formula is C38H75F3N4O13. The van der Waals surface area contributed by atoms with Gasteiger partial charge in [0, 0.05) is 43.8 Å². The number of hydrogen-bond acceptors (Lipinski definition) is 16. The molecule has 11 N–H and O–H groups in total. The Kier molecular flexibility index (Phi) is 24.1. The van der Waals surface area contributed by atoms with E-state index in [1.54, 1.807) is 39.9 Å². The van der Waals surface area contributed by atoms with Crippen molar-refractivity contribution in [3.8, 4) is 0 Å². The zero-order valence-corrected chi connectivity index (χ0v) is 36.2. The van der Waals surface area contributed by atoms with Gasteiger partial charge >= 0.3 is 12.1 Å². The molecule has 0 aliphatic carbocycles. The van der Waals surface area contributed by atoms with Crippen molar-refractivity contribution in [2.24, 2.45) is 17.2 Å². The van der Waals surface area contributed by atoms with E-state index in [-0.39, 0.29) is 86.1 Å². The number of aliphatic hydroxyl groups excluding tert-OH is 4. The largest absolute Gasteiger partial charge is 0.471 e. The quantitative estimate of drug-likeness (QED) is 0.164. The molecule has 4 heterocycles. The number of aliphatic hydroxyl groups is 4. The second-order valence-corrected chi connectivity index (χ2v) is 16.3. The fraction of sp³-hybridized carbons (Fsp3) is 0.974. The van der Waals surface area contributed by atoms with Crippen LogP contribution in [-0.4, -0.2) is 155 Å². The zero-order chi connectivity index (χ0) is 44.8. The average molecular weight is 853 g/mol. The van der Waals surface area contributed by atoms with Crippen molar-refractivity contribution in [2.75, 3.05) is 0 Å². The molecule has 58 heavy (non-hydrogen) atoms. The molecule has 4 fully saturated rings. The number of carbonyl (C=O) groups excluding carboxylic acids is 1. The van der Waals surface area contributed by atoms with E-state index >= 15 is 0 Å². The lowest BCUT2D eigenvalue weighted by Crippen LogP contribution is -2.57. The number of ether oxygens (including phenoxy) is 8. The molecule has 0 aromatic heterocycles. The minimum atomic E-state index is -4.98. The van der Waals surface area contributed by atoms with Gasteiger partial charge in [-0.15, -0.1) is 0 Å². The van der Waals surface area contributed by atoms with Crippen LogP contribution in [0.4, 0.5) is 13.2 Å². The number of alkyl halides is 3. The zero-order valence-electron chi connectivity index (χ0n) is 36.2. The first kappa shape index (κ1) is 54.7. The van der Waals surface area contributed by atoms with Crippen molar-refractivity contribution in [1.82, 2.24) is 5.32 Å². The van der Waals surface area contributed by atoms with Crippen LogP contribution >= 0.6 is 0 Å². The summed E-state index contributed by atoms with van der Waals surface area (Å²) in [7, 11) is 0. The van der Waals surface area contributed by atoms with Gasteiger partial charge in [0.05, 0.1) is 73.2 Å². The van der Waals surface area contributed by atoms with Gasteiger partial charge in [-0.1, -0.05) is 0 Å². The lowest BCUT2D eigenvalue weighted by molar-refractivity contribution is -0.238. The van der Waals surface area contributed by atoms with E-state index in [0.29, 0.717) is 19.3 Å². The third-order valence-electron chi connectivity index (χ3n) is 9.23. The van der Waals surface area contributed by atoms with Crippen LogP contribution in [0.3, 0.4) is 0 Å². The van der Waals surface area contributed by atoms with Crippen LogP contribution in [0.15, 0.2) is 0 Å². The molecule has 0 aromatic carbocycles. The van der Waals surface area contributed by atoms with Crippen LogP contribution in [-0.2, 0) is 42.7 Å². The molecule has 8 unspecified atom stereocenters. The second kappa shape index (κ2) is 25.6. The van der Waals surface area contributed by atoms with E-state index < -0.39 is 54.9 Å². The van der Waals surface area contributed by atoms with Gasteiger partial charge in [0.2, 0.25) is 0 Å². The van der Waals surface area contributed by atoms with E-state index in [2.05, 4.69) is 0 Å². The standard InChI is InChI=1S/C11H18F3NO4.3C9H19NO3/c1-5(2)18-8-4-7(9(16)6(3)19-8)15-10(17)11(12,13)14;3*1-5(2)12-8-4-7(10)9(11)6(3)13-8/h5-9,16H,4H2,1-3H3,(H,15,17);3*5-9,11H,4,10H2,1-3H3/t2*6-,7-,8+,9+;;/m00../s1. The van der Waals surface area contributed by atoms with Crippen LogP contribution in [0.1, 0.15) is 109 Å². The molecule has 0 radical (unpaired) electrons. The highest BCUT2D eigenvalue weighted by atomic mass is 19.4. The van der Waals surface area contributed by atoms with Gasteiger partial charge in [0.15, 0.2) is 25.2 Å². The first-order chi connectivity index (χ1) is 26.6. The van der Waals surface area contributed by atoms with Crippen molar-refractivity contribution < 1.29 is 76.3 Å². The van der Waals surface area contributed by atoms with E-state index in [1.165, 1.54) is 6.92 Å². The summed E-state index contributed by atoms with van der Waals surface area (Å²) in [6.45, 7) is 22.1. The van der Waals surface area contributed by atoms with Crippen LogP contribution in [0.2, 0.25) is 0 Å². The summed E-state index contributed by atoms with van der Waals surface area (Å²) in [6, 6.07) is -1.78. The summed E-state index contributed by atoms with van der Waals surface area (Å²) in [6.07, 6.45) is -9.09. The molecule has 4 rings (SSSR count). The molecule has 20 heteroatoms. The van der Waals surface area contributed by atoms with Gasteiger partial charge in [-0.3, -0.25) is 4.79 Å². The first-order valence-corrected chi connectivity index (χ1v) is 20.2. The summed E-state index contributed by atoms with van der Waals surface area (Å²) >= 11 is 0. The summed E-state index contributed by atoms with van der Waals surface area (Å²) in [5, 5.41) is 40.0. The van der Waals surface area contributed by atoms with E-state index in [0.717, 1.165) is 0 Å². The van der Waals surface area contributed by atoms with Crippen LogP contribution in [0.25, 0.3) is 0 Å². The maximum absolute atomic E-state index is 12.2. The van der Waals surface area contributed by atoms with E-state index in [1.807, 2.05) is 41.5 Å². The molecule has 4 aliphatic heterocycles. The average Bonchev–Trinajstić information content (AvgIpc) is 3.06. The minimum Gasteiger partial charge on any atom is -0.389 e. The van der Waals surface area contributed by atoms with Gasteiger partial charge in [-0.2, -0.15) is 13.2 Å². The molecule has 1 amide bonds. The lowest BCUT2D eigenvalue weighted by atomic mass is 9.99. The third kappa shape index (κ3) is 20.0. The molecular weight excluding hydrogens is 777 g/mol. The molecule has 4 saturated heterocycles. The molecule has 0 bridgehead atoms. The molecule has 16 atom stereocenters. The Morgan fingerprint density at radius 2 is 0.776 bits per heavy atom. The van der Waals surface area contributed by atoms with Crippen LogP contribution in [0.5, 0.6) is 0 Å². The van der Waals surface area contributed by atoms with Gasteiger partial charge in [0.1, 0.15) is 6.10 Å². The van der Waals surface area contributed by atoms with Crippen LogP contribution in [0, 0.1) is 0 Å². The number of nitrogens with one attached hydrogen (secondary N) is 1. The summed E-state index contributed by atoms with van der Waals surface area (Å²) in [4.78, 5) is 10.9. The Balaban J connectivity index is 0.000000393. The van der Waals surface area contributed by atoms with Gasteiger partial charge in [0.25, 0.3) is 0 Å². The Morgan fingerprint density at radius 1 is 0.534 bits per heavy atom. The number of hydrogen-bond donors (Lipinski definition) is 8. The van der Waals surface area contributed by atoms with Crippen LogP contribution < -0.4 is 22.5 Å². The number of rotatable bonds is 9. The predicted molar refractivity (Wildman–Crippen MR) is 207 cm³/mol. The van der Waals surface area contributed by atoms with E-state index in [4.69, 9.17) is 55.1 Å². The normalized spacial score (nSPS) is 38.2. The van der Waals surface area contributed by atoms with Crippen molar-refractivity contribution in [3.05, 3.63) is 0 Å². The summed E-state index contributed by atoms with van der Waals surface area (Å²) < 4.78 is 79.9. The molecule has 4 aliphatic rings. The fourth-order valence-corrected chi connectivity index (χ4v) is 6.26. The van der Waals surface area contributed by atoms with Gasteiger partial charge in [-0.05, 0) is 83.1 Å². The minimum absolute atomic E-state index is 0.0362. The Bertz CT molecular complexity index is 1030. The molecule has 0 spiro atoms. The Labute approximate surface area is 342 Å². The number of carbonyl (C=O) groups is 1. The lowest BCUT2D eigenvalue weighted by Gasteiger charge is -2.38. The number of halogens is 3. The smallest absolute Gasteiger partial charge is 0.389 e. The highest BCUT2D eigenvalue weighted by Crippen LogP contribution is 2.25. The summed E-state index contributed by atoms with van der Waals surface area (Å²) in [5.41, 5.74) is 17.2.